The lowest BCUT2D eigenvalue weighted by Gasteiger charge is -2.21. The summed E-state index contributed by atoms with van der Waals surface area (Å²) in [5, 5.41) is 0. The Morgan fingerprint density at radius 1 is 1.25 bits per heavy atom. The van der Waals surface area contributed by atoms with Gasteiger partial charge in [0.05, 0.1) is 13.2 Å². The van der Waals surface area contributed by atoms with E-state index in [-0.39, 0.29) is 23.7 Å². The fraction of sp³-hybridized carbons (Fsp3) is 0.889. The Kier molecular flexibility index (Phi) is 5.09. The molecule has 0 amide bonds. The van der Waals surface area contributed by atoms with E-state index in [1.165, 1.54) is 7.11 Å². The van der Waals surface area contributed by atoms with Gasteiger partial charge in [-0.05, 0) is 5.92 Å². The van der Waals surface area contributed by atoms with Crippen LogP contribution in [0.15, 0.2) is 0 Å². The van der Waals surface area contributed by atoms with Crippen molar-refractivity contribution in [1.29, 1.82) is 0 Å². The quantitative estimate of drug-likeness (QED) is 0.638. The molecule has 0 aliphatic rings. The maximum Gasteiger partial charge on any atom is 0.154 e. The number of hydrogen-bond donors (Lipinski definition) is 1. The van der Waals surface area contributed by atoms with Crippen molar-refractivity contribution in [2.75, 3.05) is 7.11 Å². The van der Waals surface area contributed by atoms with Crippen LogP contribution in [0, 0.1) is 11.8 Å². The fourth-order valence-electron chi connectivity index (χ4n) is 1.01. The summed E-state index contributed by atoms with van der Waals surface area (Å²) < 4.78 is 0. The average molecular weight is 173 g/mol. The lowest BCUT2D eigenvalue weighted by molar-refractivity contribution is -0.128. The zero-order valence-corrected chi connectivity index (χ0v) is 8.55. The highest BCUT2D eigenvalue weighted by Gasteiger charge is 2.23. The van der Waals surface area contributed by atoms with Gasteiger partial charge in [-0.2, -0.15) is 5.48 Å². The highest BCUT2D eigenvalue weighted by atomic mass is 16.6. The number of nitrogens with one attached hydrogen (secondary N) is 1. The lowest BCUT2D eigenvalue weighted by atomic mass is 9.94. The minimum absolute atomic E-state index is 0.0556. The van der Waals surface area contributed by atoms with Crippen molar-refractivity contribution in [1.82, 2.24) is 5.48 Å². The molecule has 0 spiro atoms. The molecule has 1 atom stereocenters. The SMILES string of the molecule is CON[C@H](C(=O)C(C)C)C(C)C. The van der Waals surface area contributed by atoms with Gasteiger partial charge in [0.25, 0.3) is 0 Å². The van der Waals surface area contributed by atoms with Gasteiger partial charge in [-0.15, -0.1) is 0 Å². The summed E-state index contributed by atoms with van der Waals surface area (Å²) in [4.78, 5) is 16.3. The molecule has 0 unspecified atom stereocenters. The van der Waals surface area contributed by atoms with E-state index < -0.39 is 0 Å². The van der Waals surface area contributed by atoms with Gasteiger partial charge in [-0.1, -0.05) is 27.7 Å². The van der Waals surface area contributed by atoms with Crippen molar-refractivity contribution in [2.24, 2.45) is 11.8 Å². The molecule has 3 heteroatoms. The number of ketones is 1. The van der Waals surface area contributed by atoms with Crippen LogP contribution >= 0.6 is 0 Å². The van der Waals surface area contributed by atoms with E-state index in [2.05, 4.69) is 5.48 Å². The number of carbonyl (C=O) groups is 1. The van der Waals surface area contributed by atoms with E-state index in [1.54, 1.807) is 0 Å². The van der Waals surface area contributed by atoms with Gasteiger partial charge in [0.2, 0.25) is 0 Å². The Bertz CT molecular complexity index is 143. The normalized spacial score (nSPS) is 13.9. The third-order valence-electron chi connectivity index (χ3n) is 1.79. The van der Waals surface area contributed by atoms with Crippen molar-refractivity contribution in [3.63, 3.8) is 0 Å². The van der Waals surface area contributed by atoms with Crippen molar-refractivity contribution < 1.29 is 9.63 Å². The summed E-state index contributed by atoms with van der Waals surface area (Å²) in [5.74, 6) is 0.520. The molecule has 0 heterocycles. The maximum absolute atomic E-state index is 11.5. The van der Waals surface area contributed by atoms with Crippen LogP contribution in [0.25, 0.3) is 0 Å². The minimum atomic E-state index is -0.185. The van der Waals surface area contributed by atoms with Crippen LogP contribution in [0.2, 0.25) is 0 Å². The first-order chi connectivity index (χ1) is 5.50. The molecule has 0 saturated carbocycles. The van der Waals surface area contributed by atoms with Crippen LogP contribution in [-0.4, -0.2) is 18.9 Å². The van der Waals surface area contributed by atoms with Crippen LogP contribution in [-0.2, 0) is 9.63 Å². The summed E-state index contributed by atoms with van der Waals surface area (Å²) in [6, 6.07) is -0.185. The lowest BCUT2D eigenvalue weighted by Crippen LogP contribution is -2.42. The molecule has 1 N–H and O–H groups in total. The molecule has 0 fully saturated rings. The molecule has 0 aromatic rings. The summed E-state index contributed by atoms with van der Waals surface area (Å²) in [6.07, 6.45) is 0. The van der Waals surface area contributed by atoms with E-state index in [1.807, 2.05) is 27.7 Å². The van der Waals surface area contributed by atoms with Crippen molar-refractivity contribution in [3.05, 3.63) is 0 Å². The molecule has 0 saturated heterocycles. The molecule has 0 bridgehead atoms. The Hall–Kier alpha value is -0.410. The van der Waals surface area contributed by atoms with E-state index in [9.17, 15) is 4.79 Å². The molecule has 0 aliphatic heterocycles. The molecule has 12 heavy (non-hydrogen) atoms. The second kappa shape index (κ2) is 5.27. The molecule has 3 nitrogen and oxygen atoms in total. The second-order valence-electron chi connectivity index (χ2n) is 3.60. The predicted octanol–water partition coefficient (Wildman–Crippen LogP) is 1.39. The number of Topliss-reactive ketones (excluding diaryl/α,β-unsaturated/α-hetero) is 1. The van der Waals surface area contributed by atoms with Crippen molar-refractivity contribution in [2.45, 2.75) is 33.7 Å². The van der Waals surface area contributed by atoms with Gasteiger partial charge >= 0.3 is 0 Å². The second-order valence-corrected chi connectivity index (χ2v) is 3.60. The van der Waals surface area contributed by atoms with E-state index >= 15 is 0 Å². The molecule has 0 rings (SSSR count). The minimum Gasteiger partial charge on any atom is -0.304 e. The van der Waals surface area contributed by atoms with Crippen LogP contribution in [0.3, 0.4) is 0 Å². The summed E-state index contributed by atoms with van der Waals surface area (Å²) in [6.45, 7) is 7.79. The van der Waals surface area contributed by atoms with Crippen LogP contribution < -0.4 is 5.48 Å². The number of carbonyl (C=O) groups excluding carboxylic acids is 1. The molecular weight excluding hydrogens is 154 g/mol. The molecule has 0 aliphatic carbocycles. The molecule has 72 valence electrons. The smallest absolute Gasteiger partial charge is 0.154 e. The first-order valence-corrected chi connectivity index (χ1v) is 4.33. The van der Waals surface area contributed by atoms with Gasteiger partial charge in [-0.25, -0.2) is 0 Å². The zero-order valence-electron chi connectivity index (χ0n) is 8.55. The standard InChI is InChI=1S/C9H19NO2/c1-6(2)8(10-12-5)9(11)7(3)4/h6-8,10H,1-5H3/t8-/m0/s1. The molecule has 0 radical (unpaired) electrons. The Labute approximate surface area is 74.4 Å². The van der Waals surface area contributed by atoms with Gasteiger partial charge in [0, 0.05) is 5.92 Å². The zero-order chi connectivity index (χ0) is 9.72. The number of rotatable bonds is 5. The average Bonchev–Trinajstić information content (AvgIpc) is 1.98. The Balaban J connectivity index is 4.19. The van der Waals surface area contributed by atoms with Gasteiger partial charge in [-0.3, -0.25) is 4.79 Å². The highest BCUT2D eigenvalue weighted by molar-refractivity contribution is 5.85. The van der Waals surface area contributed by atoms with Crippen LogP contribution in [0.1, 0.15) is 27.7 Å². The van der Waals surface area contributed by atoms with Gasteiger partial charge in [0.15, 0.2) is 5.78 Å². The predicted molar refractivity (Wildman–Crippen MR) is 48.6 cm³/mol. The van der Waals surface area contributed by atoms with Crippen LogP contribution in [0.5, 0.6) is 0 Å². The van der Waals surface area contributed by atoms with Gasteiger partial charge < -0.3 is 4.84 Å². The van der Waals surface area contributed by atoms with E-state index in [4.69, 9.17) is 4.84 Å². The summed E-state index contributed by atoms with van der Waals surface area (Å²) in [7, 11) is 1.53. The summed E-state index contributed by atoms with van der Waals surface area (Å²) in [5.41, 5.74) is 2.71. The Morgan fingerprint density at radius 3 is 2.00 bits per heavy atom. The topological polar surface area (TPSA) is 38.3 Å². The number of hydroxylamine groups is 1. The van der Waals surface area contributed by atoms with Gasteiger partial charge in [0.1, 0.15) is 0 Å². The van der Waals surface area contributed by atoms with E-state index in [0.717, 1.165) is 0 Å². The highest BCUT2D eigenvalue weighted by Crippen LogP contribution is 2.08. The Morgan fingerprint density at radius 2 is 1.75 bits per heavy atom. The third-order valence-corrected chi connectivity index (χ3v) is 1.79. The molecular formula is C9H19NO2. The molecule has 0 aromatic carbocycles. The monoisotopic (exact) mass is 173 g/mol. The maximum atomic E-state index is 11.5. The van der Waals surface area contributed by atoms with Crippen LogP contribution in [0.4, 0.5) is 0 Å². The van der Waals surface area contributed by atoms with Crippen molar-refractivity contribution >= 4 is 5.78 Å². The fourth-order valence-corrected chi connectivity index (χ4v) is 1.01. The number of hydrogen-bond acceptors (Lipinski definition) is 3. The largest absolute Gasteiger partial charge is 0.304 e. The first-order valence-electron chi connectivity index (χ1n) is 4.33. The van der Waals surface area contributed by atoms with Crippen molar-refractivity contribution in [3.8, 4) is 0 Å². The third kappa shape index (κ3) is 3.32. The summed E-state index contributed by atoms with van der Waals surface area (Å²) >= 11 is 0. The molecule has 0 aromatic heterocycles. The first kappa shape index (κ1) is 11.6. The van der Waals surface area contributed by atoms with E-state index in [0.29, 0.717) is 0 Å².